The SMILES string of the molecule is O=C(Nc1cccc(Nc2nccc(-c3cccnc3)n2)c1)c1ccc2cccnc2n1. The van der Waals surface area contributed by atoms with Gasteiger partial charge in [0.15, 0.2) is 5.65 Å². The summed E-state index contributed by atoms with van der Waals surface area (Å²) in [7, 11) is 0. The fourth-order valence-electron chi connectivity index (χ4n) is 3.17. The Morgan fingerprint density at radius 1 is 0.781 bits per heavy atom. The van der Waals surface area contributed by atoms with Crippen LogP contribution in [0, 0.1) is 0 Å². The van der Waals surface area contributed by atoms with Crippen molar-refractivity contribution >= 4 is 34.3 Å². The summed E-state index contributed by atoms with van der Waals surface area (Å²) in [5.74, 6) is 0.127. The van der Waals surface area contributed by atoms with Gasteiger partial charge in [-0.1, -0.05) is 6.07 Å². The zero-order valence-electron chi connectivity index (χ0n) is 16.8. The van der Waals surface area contributed by atoms with Gasteiger partial charge in [-0.3, -0.25) is 9.78 Å². The van der Waals surface area contributed by atoms with Crippen LogP contribution in [0.1, 0.15) is 10.5 Å². The van der Waals surface area contributed by atoms with E-state index in [1.54, 1.807) is 43.0 Å². The molecule has 0 aliphatic carbocycles. The molecule has 1 amide bonds. The van der Waals surface area contributed by atoms with Gasteiger partial charge < -0.3 is 10.6 Å². The number of carbonyl (C=O) groups excluding carboxylic acids is 1. The van der Waals surface area contributed by atoms with Crippen molar-refractivity contribution in [3.63, 3.8) is 0 Å². The number of hydrogen-bond donors (Lipinski definition) is 2. The molecule has 5 aromatic rings. The lowest BCUT2D eigenvalue weighted by molar-refractivity contribution is 0.102. The second-order valence-electron chi connectivity index (χ2n) is 6.91. The van der Waals surface area contributed by atoms with Gasteiger partial charge in [0.1, 0.15) is 5.69 Å². The number of carbonyl (C=O) groups is 1. The van der Waals surface area contributed by atoms with E-state index in [9.17, 15) is 4.79 Å². The monoisotopic (exact) mass is 419 g/mol. The van der Waals surface area contributed by atoms with Crippen molar-refractivity contribution in [3.8, 4) is 11.3 Å². The average molecular weight is 419 g/mol. The molecule has 2 N–H and O–H groups in total. The maximum absolute atomic E-state index is 12.7. The summed E-state index contributed by atoms with van der Waals surface area (Å²) < 4.78 is 0. The van der Waals surface area contributed by atoms with Gasteiger partial charge in [0.25, 0.3) is 5.91 Å². The number of aromatic nitrogens is 5. The molecular formula is C24H17N7O. The quantitative estimate of drug-likeness (QED) is 0.433. The first-order valence-corrected chi connectivity index (χ1v) is 9.88. The fraction of sp³-hybridized carbons (Fsp3) is 0. The van der Waals surface area contributed by atoms with Crippen LogP contribution in [-0.2, 0) is 0 Å². The number of benzene rings is 1. The zero-order chi connectivity index (χ0) is 21.8. The third-order valence-corrected chi connectivity index (χ3v) is 4.69. The second kappa shape index (κ2) is 8.57. The second-order valence-corrected chi connectivity index (χ2v) is 6.91. The molecular weight excluding hydrogens is 402 g/mol. The lowest BCUT2D eigenvalue weighted by atomic mass is 10.2. The number of hydrogen-bond acceptors (Lipinski definition) is 7. The Morgan fingerprint density at radius 2 is 1.69 bits per heavy atom. The van der Waals surface area contributed by atoms with Gasteiger partial charge >= 0.3 is 0 Å². The minimum absolute atomic E-state index is 0.294. The van der Waals surface area contributed by atoms with Crippen molar-refractivity contribution in [2.75, 3.05) is 10.6 Å². The zero-order valence-corrected chi connectivity index (χ0v) is 16.8. The molecule has 1 aromatic carbocycles. The van der Waals surface area contributed by atoms with E-state index in [0.717, 1.165) is 22.3 Å². The lowest BCUT2D eigenvalue weighted by Crippen LogP contribution is -2.14. The van der Waals surface area contributed by atoms with Crippen molar-refractivity contribution in [2.45, 2.75) is 0 Å². The molecule has 0 unspecified atom stereocenters. The molecule has 4 aromatic heterocycles. The number of rotatable bonds is 5. The van der Waals surface area contributed by atoms with Gasteiger partial charge in [-0.25, -0.2) is 19.9 Å². The lowest BCUT2D eigenvalue weighted by Gasteiger charge is -2.09. The number of pyridine rings is 3. The van der Waals surface area contributed by atoms with Crippen molar-refractivity contribution in [1.82, 2.24) is 24.9 Å². The molecule has 0 saturated carbocycles. The molecule has 0 aliphatic heterocycles. The smallest absolute Gasteiger partial charge is 0.274 e. The van der Waals surface area contributed by atoms with Crippen molar-refractivity contribution in [1.29, 1.82) is 0 Å². The number of nitrogens with zero attached hydrogens (tertiary/aromatic N) is 5. The molecule has 8 nitrogen and oxygen atoms in total. The van der Waals surface area contributed by atoms with Crippen LogP contribution in [0.15, 0.2) is 91.5 Å². The molecule has 32 heavy (non-hydrogen) atoms. The van der Waals surface area contributed by atoms with Gasteiger partial charge in [0.05, 0.1) is 5.69 Å². The van der Waals surface area contributed by atoms with Crippen LogP contribution in [0.5, 0.6) is 0 Å². The molecule has 5 rings (SSSR count). The highest BCUT2D eigenvalue weighted by Crippen LogP contribution is 2.21. The van der Waals surface area contributed by atoms with E-state index in [2.05, 4.69) is 35.6 Å². The minimum Gasteiger partial charge on any atom is -0.324 e. The molecule has 0 saturated heterocycles. The Bertz CT molecular complexity index is 1410. The molecule has 0 atom stereocenters. The van der Waals surface area contributed by atoms with Crippen LogP contribution in [0.2, 0.25) is 0 Å². The maximum atomic E-state index is 12.7. The van der Waals surface area contributed by atoms with E-state index in [1.807, 2.05) is 48.5 Å². The van der Waals surface area contributed by atoms with Gasteiger partial charge in [-0.05, 0) is 60.7 Å². The summed E-state index contributed by atoms with van der Waals surface area (Å²) in [6.45, 7) is 0. The summed E-state index contributed by atoms with van der Waals surface area (Å²) in [5.41, 5.74) is 3.83. The molecule has 0 fully saturated rings. The predicted molar refractivity (Wildman–Crippen MR) is 122 cm³/mol. The third kappa shape index (κ3) is 4.24. The number of anilines is 3. The summed E-state index contributed by atoms with van der Waals surface area (Å²) in [6.07, 6.45) is 6.80. The van der Waals surface area contributed by atoms with Crippen LogP contribution in [-0.4, -0.2) is 30.8 Å². The Labute approximate surface area is 183 Å². The van der Waals surface area contributed by atoms with Crippen molar-refractivity contribution in [3.05, 3.63) is 97.2 Å². The average Bonchev–Trinajstić information content (AvgIpc) is 2.85. The van der Waals surface area contributed by atoms with E-state index in [-0.39, 0.29) is 5.91 Å². The Balaban J connectivity index is 1.33. The van der Waals surface area contributed by atoms with Crippen LogP contribution in [0.25, 0.3) is 22.3 Å². The highest BCUT2D eigenvalue weighted by molar-refractivity contribution is 6.04. The summed E-state index contributed by atoms with van der Waals surface area (Å²) >= 11 is 0. The standard InChI is InChI=1S/C24H17N7O/c32-23(21-9-8-16-4-3-12-26-22(16)30-21)28-18-6-1-7-19(14-18)29-24-27-13-10-20(31-24)17-5-2-11-25-15-17/h1-15H,(H,28,32)(H,27,29,31). The van der Waals surface area contributed by atoms with E-state index in [1.165, 1.54) is 0 Å². The van der Waals surface area contributed by atoms with E-state index < -0.39 is 0 Å². The summed E-state index contributed by atoms with van der Waals surface area (Å²) in [5, 5.41) is 6.92. The first-order chi connectivity index (χ1) is 15.7. The molecule has 0 aliphatic rings. The van der Waals surface area contributed by atoms with E-state index >= 15 is 0 Å². The minimum atomic E-state index is -0.315. The van der Waals surface area contributed by atoms with E-state index in [0.29, 0.717) is 23.0 Å². The molecule has 4 heterocycles. The Kier molecular flexibility index (Phi) is 5.15. The van der Waals surface area contributed by atoms with Gasteiger partial charge in [-0.15, -0.1) is 0 Å². The normalized spacial score (nSPS) is 10.6. The maximum Gasteiger partial charge on any atom is 0.274 e. The third-order valence-electron chi connectivity index (χ3n) is 4.69. The topological polar surface area (TPSA) is 106 Å². The van der Waals surface area contributed by atoms with Crippen LogP contribution in [0.3, 0.4) is 0 Å². The molecule has 0 bridgehead atoms. The van der Waals surface area contributed by atoms with Gasteiger partial charge in [0, 0.05) is 47.1 Å². The first-order valence-electron chi connectivity index (χ1n) is 9.88. The highest BCUT2D eigenvalue weighted by atomic mass is 16.1. The molecule has 8 heteroatoms. The first kappa shape index (κ1) is 19.3. The fourth-order valence-corrected chi connectivity index (χ4v) is 3.17. The van der Waals surface area contributed by atoms with Gasteiger partial charge in [-0.2, -0.15) is 0 Å². The predicted octanol–water partition coefficient (Wildman–Crippen LogP) is 4.48. The van der Waals surface area contributed by atoms with Crippen LogP contribution >= 0.6 is 0 Å². The summed E-state index contributed by atoms with van der Waals surface area (Å²) in [6, 6.07) is 20.2. The number of amides is 1. The number of nitrogens with one attached hydrogen (secondary N) is 2. The largest absolute Gasteiger partial charge is 0.324 e. The molecule has 154 valence electrons. The highest BCUT2D eigenvalue weighted by Gasteiger charge is 2.10. The Hall–Kier alpha value is -4.72. The summed E-state index contributed by atoms with van der Waals surface area (Å²) in [4.78, 5) is 34.2. The Morgan fingerprint density at radius 3 is 2.59 bits per heavy atom. The molecule has 0 spiro atoms. The van der Waals surface area contributed by atoms with Gasteiger partial charge in [0.2, 0.25) is 5.95 Å². The van der Waals surface area contributed by atoms with Crippen LogP contribution < -0.4 is 10.6 Å². The van der Waals surface area contributed by atoms with E-state index in [4.69, 9.17) is 0 Å². The number of fused-ring (bicyclic) bond motifs is 1. The van der Waals surface area contributed by atoms with Crippen molar-refractivity contribution < 1.29 is 4.79 Å². The van der Waals surface area contributed by atoms with Crippen LogP contribution in [0.4, 0.5) is 17.3 Å². The van der Waals surface area contributed by atoms with Crippen molar-refractivity contribution in [2.24, 2.45) is 0 Å². The molecule has 0 radical (unpaired) electrons.